The lowest BCUT2D eigenvalue weighted by atomic mass is 9.85. The van der Waals surface area contributed by atoms with Gasteiger partial charge in [0.2, 0.25) is 0 Å². The normalized spacial score (nSPS) is 12.9. The molecule has 0 atom stereocenters. The topological polar surface area (TPSA) is 69.9 Å². The minimum Gasteiger partial charge on any atom is -0.456 e. The van der Waals surface area contributed by atoms with E-state index in [0.29, 0.717) is 17.5 Å². The highest BCUT2D eigenvalue weighted by molar-refractivity contribution is 6.13. The highest BCUT2D eigenvalue weighted by atomic mass is 16.3. The minimum absolute atomic E-state index is 0.0393. The molecule has 0 N–H and O–H groups in total. The van der Waals surface area contributed by atoms with Crippen LogP contribution in [-0.2, 0) is 10.8 Å². The summed E-state index contributed by atoms with van der Waals surface area (Å²) >= 11 is 0. The molecule has 0 spiro atoms. The molecule has 0 fully saturated rings. The summed E-state index contributed by atoms with van der Waals surface area (Å²) < 4.78 is 15.2. The number of para-hydroxylation sites is 1. The van der Waals surface area contributed by atoms with Gasteiger partial charge in [-0.05, 0) is 113 Å². The zero-order valence-corrected chi connectivity index (χ0v) is 41.7. The first-order valence-corrected chi connectivity index (χ1v) is 24.7. The van der Waals surface area contributed by atoms with Crippen LogP contribution in [0.4, 0.5) is 0 Å². The fourth-order valence-corrected chi connectivity index (χ4v) is 10.4. The van der Waals surface area contributed by atoms with Crippen LogP contribution in [0, 0.1) is 0 Å². The fourth-order valence-electron chi connectivity index (χ4n) is 10.4. The summed E-state index contributed by atoms with van der Waals surface area (Å²) in [6.07, 6.45) is 5.76. The van der Waals surface area contributed by atoms with Crippen molar-refractivity contribution >= 4 is 66.9 Å². The van der Waals surface area contributed by atoms with Gasteiger partial charge in [-0.15, -0.1) is 0 Å². The molecule has 0 aliphatic rings. The largest absolute Gasteiger partial charge is 0.456 e. The maximum Gasteiger partial charge on any atom is 0.164 e. The Balaban J connectivity index is 1.19. The van der Waals surface area contributed by atoms with Crippen LogP contribution < -0.4 is 10.6 Å². The van der Waals surface area contributed by atoms with Gasteiger partial charge in [0.1, 0.15) is 22.2 Å². The van der Waals surface area contributed by atoms with E-state index in [2.05, 4.69) is 180 Å². The van der Waals surface area contributed by atoms with Gasteiger partial charge >= 0.3 is 0 Å². The van der Waals surface area contributed by atoms with Crippen LogP contribution in [0.5, 0.6) is 0 Å². The van der Waals surface area contributed by atoms with Crippen LogP contribution in [0.25, 0.3) is 129 Å². The quantitative estimate of drug-likeness (QED) is 0.159. The number of aromatic nitrogens is 4. The average molecular weight is 935 g/mol. The van der Waals surface area contributed by atoms with Gasteiger partial charge in [-0.3, -0.25) is 0 Å². The summed E-state index contributed by atoms with van der Waals surface area (Å²) in [7, 11) is 0. The summed E-state index contributed by atoms with van der Waals surface area (Å²) in [6, 6.07) is 60.5. The zero-order chi connectivity index (χ0) is 49.5. The monoisotopic (exact) mass is 934 g/mol. The van der Waals surface area contributed by atoms with E-state index in [0.717, 1.165) is 99.2 Å². The van der Waals surface area contributed by atoms with Crippen molar-refractivity contribution in [2.24, 2.45) is 0 Å². The molecular weight excluding hydrogens is 881 g/mol. The van der Waals surface area contributed by atoms with Crippen molar-refractivity contribution in [2.45, 2.75) is 59.3 Å². The molecule has 12 aromatic rings. The van der Waals surface area contributed by atoms with Gasteiger partial charge in [0.25, 0.3) is 0 Å². The second kappa shape index (κ2) is 17.1. The molecule has 0 radical (unpaired) electrons. The number of hydrogen-bond donors (Lipinski definition) is 0. The van der Waals surface area contributed by atoms with E-state index in [4.69, 9.17) is 23.8 Å². The Kier molecular flexibility index (Phi) is 10.6. The predicted octanol–water partition coefficient (Wildman–Crippen LogP) is 16.3. The van der Waals surface area contributed by atoms with Crippen LogP contribution in [0.15, 0.2) is 191 Å². The molecule has 12 rings (SSSR count). The summed E-state index contributed by atoms with van der Waals surface area (Å²) in [4.78, 5) is 16.3. The van der Waals surface area contributed by atoms with E-state index in [1.54, 1.807) is 6.08 Å². The van der Waals surface area contributed by atoms with Crippen molar-refractivity contribution in [2.75, 3.05) is 0 Å². The molecular formula is C66H54N4O2. The minimum atomic E-state index is -0.0393. The number of benzene rings is 8. The van der Waals surface area contributed by atoms with Gasteiger partial charge in [-0.2, -0.15) is 0 Å². The van der Waals surface area contributed by atoms with E-state index < -0.39 is 0 Å². The molecule has 350 valence electrons. The maximum atomic E-state index is 6.43. The molecule has 8 aromatic carbocycles. The SMILES string of the molecule is C=C/C=c1\c(=C/C)oc2ccc(-c3nc(-c4cc(-c5ccccc5)c(-n5c6ccc(C(C)(C)C)cc6c6cc(C(C)(C)C)ccc65)c(-c5ccccc5)c4)nc(-c4cccc5oc6ccccc6c45)n3)cc12. The third-order valence-electron chi connectivity index (χ3n) is 14.1. The van der Waals surface area contributed by atoms with Crippen molar-refractivity contribution in [1.29, 1.82) is 0 Å². The summed E-state index contributed by atoms with van der Waals surface area (Å²) in [5, 5.41) is 6.31. The molecule has 0 saturated heterocycles. The number of fused-ring (bicyclic) bond motifs is 7. The Morgan fingerprint density at radius 3 is 1.61 bits per heavy atom. The van der Waals surface area contributed by atoms with Crippen LogP contribution in [0.1, 0.15) is 59.6 Å². The molecule has 4 heterocycles. The Labute approximate surface area is 419 Å². The third kappa shape index (κ3) is 7.53. The first-order chi connectivity index (χ1) is 34.9. The van der Waals surface area contributed by atoms with E-state index in [1.807, 2.05) is 61.5 Å². The van der Waals surface area contributed by atoms with Crippen molar-refractivity contribution in [3.63, 3.8) is 0 Å². The fraction of sp³-hybridized carbons (Fsp3) is 0.136. The standard InChI is InChI=1S/C66H54N4O2/c1-9-20-46-53-35-42(29-34-58(53)71-56(46)10-2)62-67-63(69-64(68-62)48-26-19-28-59-60(48)47-25-17-18-27-57(47)72-59)43-36-49(40-21-13-11-14-22-40)61(50(37-43)41-23-15-12-16-24-41)70-54-32-30-44(65(3,4)5)38-51(54)52-39-45(66(6,7)8)31-33-55(52)70/h9-39H,1H2,2-8H3/b46-20-,56-10+. The molecule has 0 bridgehead atoms. The lowest BCUT2D eigenvalue weighted by Gasteiger charge is -2.22. The number of furan rings is 2. The number of allylic oxidation sites excluding steroid dienone is 1. The summed E-state index contributed by atoms with van der Waals surface area (Å²) in [5.41, 5.74) is 15.8. The molecule has 0 saturated carbocycles. The molecule has 4 aromatic heterocycles. The average Bonchev–Trinajstić information content (AvgIpc) is 4.07. The highest BCUT2D eigenvalue weighted by Gasteiger charge is 2.26. The Hall–Kier alpha value is -8.61. The van der Waals surface area contributed by atoms with Crippen LogP contribution in [0.3, 0.4) is 0 Å². The lowest BCUT2D eigenvalue weighted by molar-refractivity contribution is 0.575. The Morgan fingerprint density at radius 2 is 1.01 bits per heavy atom. The molecule has 0 aliphatic carbocycles. The Morgan fingerprint density at radius 1 is 0.458 bits per heavy atom. The van der Waals surface area contributed by atoms with Gasteiger partial charge in [-0.1, -0.05) is 163 Å². The number of rotatable bonds is 7. The van der Waals surface area contributed by atoms with Crippen LogP contribution in [0.2, 0.25) is 0 Å². The van der Waals surface area contributed by atoms with Gasteiger partial charge < -0.3 is 13.4 Å². The highest BCUT2D eigenvalue weighted by Crippen LogP contribution is 2.46. The molecule has 0 aliphatic heterocycles. The summed E-state index contributed by atoms with van der Waals surface area (Å²) in [6.45, 7) is 19.7. The lowest BCUT2D eigenvalue weighted by Crippen LogP contribution is -2.18. The zero-order valence-electron chi connectivity index (χ0n) is 41.7. The first-order valence-electron chi connectivity index (χ1n) is 24.7. The predicted molar refractivity (Wildman–Crippen MR) is 300 cm³/mol. The Bertz CT molecular complexity index is 4120. The second-order valence-electron chi connectivity index (χ2n) is 20.8. The number of hydrogen-bond acceptors (Lipinski definition) is 5. The van der Waals surface area contributed by atoms with Gasteiger partial charge in [0.05, 0.1) is 16.7 Å². The second-order valence-corrected chi connectivity index (χ2v) is 20.8. The van der Waals surface area contributed by atoms with Crippen molar-refractivity contribution in [3.8, 4) is 62.1 Å². The molecule has 6 nitrogen and oxygen atoms in total. The van der Waals surface area contributed by atoms with Crippen LogP contribution in [-0.4, -0.2) is 19.5 Å². The van der Waals surface area contributed by atoms with Gasteiger partial charge in [-0.25, -0.2) is 15.0 Å². The summed E-state index contributed by atoms with van der Waals surface area (Å²) in [5.74, 6) is 1.62. The smallest absolute Gasteiger partial charge is 0.164 e. The van der Waals surface area contributed by atoms with E-state index in [-0.39, 0.29) is 10.8 Å². The van der Waals surface area contributed by atoms with Gasteiger partial charge in [0.15, 0.2) is 17.5 Å². The molecule has 6 heteroatoms. The molecule has 0 amide bonds. The van der Waals surface area contributed by atoms with Crippen LogP contribution >= 0.6 is 0 Å². The third-order valence-corrected chi connectivity index (χ3v) is 14.1. The maximum absolute atomic E-state index is 6.43. The first kappa shape index (κ1) is 44.6. The van der Waals surface area contributed by atoms with Crippen molar-refractivity contribution < 1.29 is 8.83 Å². The van der Waals surface area contributed by atoms with Gasteiger partial charge in [0, 0.05) is 60.0 Å². The van der Waals surface area contributed by atoms with E-state index in [1.165, 1.54) is 21.9 Å². The van der Waals surface area contributed by atoms with E-state index >= 15 is 0 Å². The molecule has 0 unspecified atom stereocenters. The number of nitrogens with zero attached hydrogens (tertiary/aromatic N) is 4. The van der Waals surface area contributed by atoms with Crippen molar-refractivity contribution in [3.05, 3.63) is 204 Å². The van der Waals surface area contributed by atoms with Crippen molar-refractivity contribution in [1.82, 2.24) is 19.5 Å². The molecule has 72 heavy (non-hydrogen) atoms. The van der Waals surface area contributed by atoms with E-state index in [9.17, 15) is 0 Å².